The van der Waals surface area contributed by atoms with Gasteiger partial charge in [0.2, 0.25) is 0 Å². The Morgan fingerprint density at radius 1 is 0.160 bits per heavy atom. The summed E-state index contributed by atoms with van der Waals surface area (Å²) in [5.74, 6) is 0. The molecule has 28 aromatic rings. The summed E-state index contributed by atoms with van der Waals surface area (Å²) in [5, 5.41) is 95.8. The first-order valence-electron chi connectivity index (χ1n) is 46.6. The fraction of sp³-hybridized carbons (Fsp3) is 0. The molecule has 0 saturated heterocycles. The van der Waals surface area contributed by atoms with E-state index in [0.717, 1.165) is 184 Å². The largest absolute Gasteiger partial charge is 0.309 e. The van der Waals surface area contributed by atoms with Crippen LogP contribution in [0.15, 0.2) is 413 Å². The highest BCUT2D eigenvalue weighted by Gasteiger charge is 2.26. The zero-order chi connectivity index (χ0) is 96.9. The average molecular weight is 1900 g/mol. The van der Waals surface area contributed by atoms with Gasteiger partial charge in [0.1, 0.15) is 6.07 Å². The zero-order valence-corrected chi connectivity index (χ0v) is 79.5. The molecule has 664 valence electrons. The normalized spacial score (nSPS) is 11.3. The quantitative estimate of drug-likeness (QED) is 0.142. The van der Waals surface area contributed by atoms with Crippen molar-refractivity contribution in [2.45, 2.75) is 0 Å². The second-order valence-corrected chi connectivity index (χ2v) is 39.7. The molecule has 8 heterocycles. The van der Waals surface area contributed by atoms with Gasteiger partial charge in [-0.1, -0.05) is 194 Å². The minimum absolute atomic E-state index is 0.622. The maximum absolute atomic E-state index is 10.2. The monoisotopic (exact) mass is 1900 g/mol. The Kier molecular flexibility index (Phi) is 21.2. The molecule has 0 aliphatic carbocycles. The van der Waals surface area contributed by atoms with Crippen LogP contribution >= 0.6 is 45.3 Å². The van der Waals surface area contributed by atoms with E-state index < -0.39 is 0 Å². The van der Waals surface area contributed by atoms with Crippen molar-refractivity contribution >= 4 is 213 Å². The number of para-hydroxylation sites is 9. The number of nitriles is 8. The molecular formula is C128H68N12S4. The van der Waals surface area contributed by atoms with Crippen LogP contribution in [0.25, 0.3) is 235 Å². The molecule has 12 nitrogen and oxygen atoms in total. The predicted octanol–water partition coefficient (Wildman–Crippen LogP) is 34.2. The molecule has 0 saturated carbocycles. The van der Waals surface area contributed by atoms with E-state index in [1.165, 1.54) is 51.1 Å². The fourth-order valence-corrected chi connectivity index (χ4v) is 25.3. The number of benzene rings is 20. The van der Waals surface area contributed by atoms with Gasteiger partial charge >= 0.3 is 0 Å². The van der Waals surface area contributed by atoms with E-state index in [-0.39, 0.29) is 0 Å². The first-order chi connectivity index (χ1) is 71.0. The summed E-state index contributed by atoms with van der Waals surface area (Å²) in [6.07, 6.45) is 0. The maximum Gasteiger partial charge on any atom is 0.101 e. The van der Waals surface area contributed by atoms with Crippen LogP contribution in [0, 0.1) is 90.6 Å². The minimum atomic E-state index is 0.622. The summed E-state index contributed by atoms with van der Waals surface area (Å²) in [5.41, 5.74) is 25.9. The lowest BCUT2D eigenvalue weighted by atomic mass is 9.96. The molecule has 144 heavy (non-hydrogen) atoms. The van der Waals surface area contributed by atoms with Crippen LogP contribution < -0.4 is 0 Å². The number of rotatable bonds is 8. The van der Waals surface area contributed by atoms with Crippen molar-refractivity contribution in [2.75, 3.05) is 0 Å². The summed E-state index contributed by atoms with van der Waals surface area (Å²) in [7, 11) is 0. The van der Waals surface area contributed by atoms with E-state index in [2.05, 4.69) is 340 Å². The topological polar surface area (TPSA) is 210 Å². The van der Waals surface area contributed by atoms with Crippen molar-refractivity contribution in [2.24, 2.45) is 0 Å². The van der Waals surface area contributed by atoms with Crippen LogP contribution in [0.3, 0.4) is 0 Å². The SMILES string of the molecule is N#Cc1ccc(-c2ccc3sc4ccc(C#N)cc4c3c2)c(-n2c3ccccc3c3ccccc32)c1.N#Cc1ccc(-n2c3ccccc3c3ccccc32)c(-c2ccc3sc4ccc(C#N)cc4c3c2)c1.N#Cc1ccc2sc3ccc(-c4c(C#N)cccc4-n4c5ccccc5c5ccccc54)cc3c2c1.N#Cc1ccc2sc3ccc(-c4cccc(C#N)c4-n4c5ccccc5c5ccccc54)cc3c2c1. The van der Waals surface area contributed by atoms with Crippen LogP contribution in [-0.2, 0) is 0 Å². The third-order valence-electron chi connectivity index (χ3n) is 27.5. The van der Waals surface area contributed by atoms with Crippen molar-refractivity contribution < 1.29 is 0 Å². The molecule has 0 bridgehead atoms. The average Bonchev–Trinajstić information content (AvgIpc) is 1.58. The highest BCUT2D eigenvalue weighted by molar-refractivity contribution is 7.27. The first-order valence-corrected chi connectivity index (χ1v) is 49.9. The Bertz CT molecular complexity index is 10300. The molecule has 0 radical (unpaired) electrons. The van der Waals surface area contributed by atoms with Gasteiger partial charge in [0.25, 0.3) is 0 Å². The van der Waals surface area contributed by atoms with E-state index in [1.807, 2.05) is 140 Å². The standard InChI is InChI=1S/4C32H17N3S/c33-18-20-12-14-30-26(16-20)27-17-21(13-15-31(27)36-30)23-9-5-6-22(19-34)32(23)35-28-10-3-1-7-24(28)25-8-2-4-11-29(25)35;33-18-20-12-14-30-25(16-20)26-17-21(13-15-31(26)36-30)32-22(19-34)6-5-11-29(32)35-27-9-3-1-7-23(27)24-8-2-4-10-28(24)35;33-18-20-10-13-31-26(15-20)27-17-22(11-14-32(27)36-31)23-12-9-21(19-34)16-30(23)35-28-7-3-1-5-24(28)25-6-2-4-8-29(25)35;33-18-20-9-12-30(35-28-7-3-1-5-23(28)24-6-2-4-8-29(24)35)25(15-20)22-11-14-32-27(17-22)26-16-21(19-34)10-13-31(26)36-32/h4*1-17H. The van der Waals surface area contributed by atoms with Crippen molar-refractivity contribution in [1.82, 2.24) is 18.3 Å². The smallest absolute Gasteiger partial charge is 0.101 e. The van der Waals surface area contributed by atoms with E-state index in [1.54, 1.807) is 45.3 Å². The van der Waals surface area contributed by atoms with Gasteiger partial charge in [-0.25, -0.2) is 0 Å². The number of aromatic nitrogens is 4. The van der Waals surface area contributed by atoms with Crippen molar-refractivity contribution in [1.29, 1.82) is 42.1 Å². The Labute approximate surface area is 839 Å². The second kappa shape index (κ2) is 35.4. The van der Waals surface area contributed by atoms with E-state index in [0.29, 0.717) is 44.5 Å². The Balaban J connectivity index is 0.000000101. The van der Waals surface area contributed by atoms with E-state index >= 15 is 0 Å². The van der Waals surface area contributed by atoms with Gasteiger partial charge in [0, 0.05) is 146 Å². The molecule has 16 heteroatoms. The maximum atomic E-state index is 10.2. The highest BCUT2D eigenvalue weighted by atomic mass is 32.1. The third kappa shape index (κ3) is 14.4. The molecule has 0 fully saturated rings. The van der Waals surface area contributed by atoms with Crippen molar-refractivity contribution in [3.05, 3.63) is 457 Å². The molecule has 0 atom stereocenters. The molecule has 8 aromatic heterocycles. The Hall–Kier alpha value is -19.6. The number of hydrogen-bond acceptors (Lipinski definition) is 12. The van der Waals surface area contributed by atoms with Gasteiger partial charge in [0.05, 0.1) is 154 Å². The summed E-state index contributed by atoms with van der Waals surface area (Å²) >= 11 is 6.92. The number of thiophene rings is 4. The minimum Gasteiger partial charge on any atom is -0.309 e. The molecular weight excluding hydrogens is 1830 g/mol. The van der Waals surface area contributed by atoms with Gasteiger partial charge < -0.3 is 18.3 Å². The molecule has 0 N–H and O–H groups in total. The lowest BCUT2D eigenvalue weighted by Gasteiger charge is -2.16. The molecule has 0 spiro atoms. The molecule has 0 amide bonds. The van der Waals surface area contributed by atoms with Crippen LogP contribution in [0.1, 0.15) is 44.5 Å². The molecule has 20 aromatic carbocycles. The van der Waals surface area contributed by atoms with Gasteiger partial charge in [-0.2, -0.15) is 42.1 Å². The molecule has 28 rings (SSSR count). The first kappa shape index (κ1) is 86.0. The number of nitrogens with zero attached hydrogens (tertiary/aromatic N) is 12. The summed E-state index contributed by atoms with van der Waals surface area (Å²) < 4.78 is 18.4. The van der Waals surface area contributed by atoms with Crippen molar-refractivity contribution in [3.63, 3.8) is 0 Å². The van der Waals surface area contributed by atoms with Gasteiger partial charge in [-0.05, 0) is 241 Å². The number of fused-ring (bicyclic) bond motifs is 24. The van der Waals surface area contributed by atoms with Gasteiger partial charge in [-0.15, -0.1) is 45.3 Å². The van der Waals surface area contributed by atoms with Gasteiger partial charge in [-0.3, -0.25) is 0 Å². The number of hydrogen-bond donors (Lipinski definition) is 0. The second-order valence-electron chi connectivity index (χ2n) is 35.3. The third-order valence-corrected chi connectivity index (χ3v) is 32.1. The molecule has 0 aliphatic heterocycles. The molecule has 0 aliphatic rings. The predicted molar refractivity (Wildman–Crippen MR) is 594 cm³/mol. The van der Waals surface area contributed by atoms with Crippen LogP contribution in [-0.4, -0.2) is 18.3 Å². The summed E-state index contributed by atoms with van der Waals surface area (Å²) in [6.45, 7) is 0. The van der Waals surface area contributed by atoms with Crippen LogP contribution in [0.5, 0.6) is 0 Å². The van der Waals surface area contributed by atoms with E-state index in [4.69, 9.17) is 0 Å². The molecule has 0 unspecified atom stereocenters. The lowest BCUT2D eigenvalue weighted by Crippen LogP contribution is -2.00. The van der Waals surface area contributed by atoms with E-state index in [9.17, 15) is 42.1 Å². The summed E-state index contributed by atoms with van der Waals surface area (Å²) in [6, 6.07) is 159. The lowest BCUT2D eigenvalue weighted by molar-refractivity contribution is 1.17. The summed E-state index contributed by atoms with van der Waals surface area (Å²) in [4.78, 5) is 0. The van der Waals surface area contributed by atoms with Gasteiger partial charge in [0.15, 0.2) is 0 Å². The van der Waals surface area contributed by atoms with Crippen LogP contribution in [0.4, 0.5) is 0 Å². The van der Waals surface area contributed by atoms with Crippen molar-refractivity contribution in [3.8, 4) is 116 Å². The Morgan fingerprint density at radius 3 is 0.785 bits per heavy atom. The van der Waals surface area contributed by atoms with Crippen LogP contribution in [0.2, 0.25) is 0 Å². The highest BCUT2D eigenvalue weighted by Crippen LogP contribution is 2.49. The Morgan fingerprint density at radius 2 is 0.424 bits per heavy atom. The zero-order valence-electron chi connectivity index (χ0n) is 76.3. The fourth-order valence-electron chi connectivity index (χ4n) is 21.0.